The average Bonchev–Trinajstić information content (AvgIpc) is 2.14. The second-order valence-electron chi connectivity index (χ2n) is 2.17. The molecule has 0 radical (unpaired) electrons. The topological polar surface area (TPSA) is 113 Å². The number of likely N-dealkylation sites (N-methyl/N-ethyl adjacent to an activating group) is 1. The maximum Gasteiger partial charge on any atom is 0.490 e. The fourth-order valence-corrected chi connectivity index (χ4v) is 0.274. The Morgan fingerprint density at radius 3 is 1.87 bits per heavy atom. The minimum atomic E-state index is -5.08. The number of aliphatic hydroxyl groups excluding tert-OH is 1. The van der Waals surface area contributed by atoms with Crippen LogP contribution in [0.3, 0.4) is 0 Å². The van der Waals surface area contributed by atoms with Gasteiger partial charge in [-0.1, -0.05) is 0 Å². The predicted molar refractivity (Wildman–Crippen MR) is 42.8 cm³/mol. The number of hydrogen-bond acceptors (Lipinski definition) is 4. The van der Waals surface area contributed by atoms with Gasteiger partial charge in [0, 0.05) is 13.6 Å². The number of amides is 1. The zero-order chi connectivity index (χ0) is 12.6. The molecule has 0 aromatic carbocycles. The van der Waals surface area contributed by atoms with Crippen LogP contribution < -0.4 is 11.1 Å². The third kappa shape index (κ3) is 8.97. The molecule has 0 saturated carbocycles. The Morgan fingerprint density at radius 2 is 1.80 bits per heavy atom. The molecular formula is C6H11F3N2O4. The van der Waals surface area contributed by atoms with Crippen molar-refractivity contribution in [1.29, 1.82) is 0 Å². The number of nitrogens with two attached hydrogens (primary N) is 1. The molecule has 0 aromatic heterocycles. The van der Waals surface area contributed by atoms with Crippen LogP contribution >= 0.6 is 0 Å². The lowest BCUT2D eigenvalue weighted by Gasteiger charge is -2.02. The van der Waals surface area contributed by atoms with Crippen LogP contribution in [0.25, 0.3) is 0 Å². The molecule has 5 N–H and O–H groups in total. The number of carbonyl (C=O) groups excluding carboxylic acids is 1. The third-order valence-electron chi connectivity index (χ3n) is 1.01. The van der Waals surface area contributed by atoms with Crippen molar-refractivity contribution < 1.29 is 33.0 Å². The summed E-state index contributed by atoms with van der Waals surface area (Å²) in [6.07, 6.45) is -6.14. The van der Waals surface area contributed by atoms with Crippen LogP contribution in [0.1, 0.15) is 0 Å². The molecule has 90 valence electrons. The normalized spacial score (nSPS) is 12.1. The van der Waals surface area contributed by atoms with E-state index in [1.807, 2.05) is 0 Å². The number of rotatable bonds is 2. The van der Waals surface area contributed by atoms with Gasteiger partial charge in [-0.2, -0.15) is 13.2 Å². The Kier molecular flexibility index (Phi) is 7.52. The first-order valence-electron chi connectivity index (χ1n) is 3.56. The highest BCUT2D eigenvalue weighted by atomic mass is 19.4. The molecule has 1 unspecified atom stereocenters. The Labute approximate surface area is 82.9 Å². The summed E-state index contributed by atoms with van der Waals surface area (Å²) >= 11 is 0. The molecule has 0 bridgehead atoms. The van der Waals surface area contributed by atoms with Gasteiger partial charge in [-0.3, -0.25) is 4.79 Å². The smallest absolute Gasteiger partial charge is 0.475 e. The van der Waals surface area contributed by atoms with Crippen LogP contribution in [0.4, 0.5) is 13.2 Å². The van der Waals surface area contributed by atoms with Gasteiger partial charge in [-0.25, -0.2) is 4.79 Å². The van der Waals surface area contributed by atoms with E-state index in [2.05, 4.69) is 5.32 Å². The van der Waals surface area contributed by atoms with Gasteiger partial charge in [-0.15, -0.1) is 0 Å². The lowest BCUT2D eigenvalue weighted by molar-refractivity contribution is -0.192. The van der Waals surface area contributed by atoms with E-state index in [0.29, 0.717) is 0 Å². The highest BCUT2D eigenvalue weighted by molar-refractivity contribution is 5.80. The number of carbonyl (C=O) groups is 2. The molecule has 1 amide bonds. The van der Waals surface area contributed by atoms with E-state index in [1.54, 1.807) is 0 Å². The first-order valence-corrected chi connectivity index (χ1v) is 3.56. The van der Waals surface area contributed by atoms with E-state index < -0.39 is 24.2 Å². The summed E-state index contributed by atoms with van der Waals surface area (Å²) < 4.78 is 31.7. The van der Waals surface area contributed by atoms with Gasteiger partial charge in [0.15, 0.2) is 0 Å². The van der Waals surface area contributed by atoms with Crippen LogP contribution in [-0.4, -0.2) is 48.0 Å². The molecule has 0 aliphatic rings. The fraction of sp³-hybridized carbons (Fsp3) is 0.667. The van der Waals surface area contributed by atoms with Crippen molar-refractivity contribution in [2.24, 2.45) is 5.73 Å². The van der Waals surface area contributed by atoms with Crippen molar-refractivity contribution in [2.75, 3.05) is 13.6 Å². The molecule has 0 aliphatic carbocycles. The van der Waals surface area contributed by atoms with Crippen molar-refractivity contribution >= 4 is 11.9 Å². The van der Waals surface area contributed by atoms with Crippen molar-refractivity contribution in [1.82, 2.24) is 5.32 Å². The van der Waals surface area contributed by atoms with Crippen molar-refractivity contribution in [3.05, 3.63) is 0 Å². The van der Waals surface area contributed by atoms with Gasteiger partial charge in [0.05, 0.1) is 0 Å². The van der Waals surface area contributed by atoms with Gasteiger partial charge in [0.25, 0.3) is 0 Å². The van der Waals surface area contributed by atoms with Crippen LogP contribution in [-0.2, 0) is 9.59 Å². The van der Waals surface area contributed by atoms with Gasteiger partial charge >= 0.3 is 12.1 Å². The maximum atomic E-state index is 10.6. The minimum Gasteiger partial charge on any atom is -0.475 e. The quantitative estimate of drug-likeness (QED) is 0.472. The molecule has 0 aliphatic heterocycles. The minimum absolute atomic E-state index is 0.0281. The zero-order valence-corrected chi connectivity index (χ0v) is 7.71. The summed E-state index contributed by atoms with van der Waals surface area (Å²) in [5.74, 6) is -3.19. The lowest BCUT2D eigenvalue weighted by atomic mass is 10.3. The van der Waals surface area contributed by atoms with Crippen molar-refractivity contribution in [3.63, 3.8) is 0 Å². The van der Waals surface area contributed by atoms with Gasteiger partial charge in [0.2, 0.25) is 5.91 Å². The summed E-state index contributed by atoms with van der Waals surface area (Å²) in [4.78, 5) is 19.2. The summed E-state index contributed by atoms with van der Waals surface area (Å²) in [5, 5.41) is 18.0. The van der Waals surface area contributed by atoms with Crippen molar-refractivity contribution in [3.8, 4) is 0 Å². The second-order valence-corrected chi connectivity index (χ2v) is 2.17. The molecule has 0 fully saturated rings. The molecule has 0 spiro atoms. The van der Waals surface area contributed by atoms with E-state index >= 15 is 0 Å². The SMILES string of the molecule is CNC(=O)C(O)CN.O=C(O)C(F)(F)F. The number of halogens is 3. The Morgan fingerprint density at radius 1 is 1.47 bits per heavy atom. The number of carboxylic acids is 1. The van der Waals surface area contributed by atoms with E-state index in [9.17, 15) is 18.0 Å². The van der Waals surface area contributed by atoms with Crippen LogP contribution in [0.5, 0.6) is 0 Å². The largest absolute Gasteiger partial charge is 0.490 e. The molecular weight excluding hydrogens is 221 g/mol. The molecule has 0 saturated heterocycles. The van der Waals surface area contributed by atoms with E-state index in [0.717, 1.165) is 0 Å². The van der Waals surface area contributed by atoms with Crippen LogP contribution in [0.15, 0.2) is 0 Å². The highest BCUT2D eigenvalue weighted by Crippen LogP contribution is 2.13. The lowest BCUT2D eigenvalue weighted by Crippen LogP contribution is -2.37. The van der Waals surface area contributed by atoms with Gasteiger partial charge < -0.3 is 21.3 Å². The highest BCUT2D eigenvalue weighted by Gasteiger charge is 2.38. The van der Waals surface area contributed by atoms with Gasteiger partial charge in [-0.05, 0) is 0 Å². The first kappa shape index (κ1) is 16.1. The summed E-state index contributed by atoms with van der Waals surface area (Å²) in [5.41, 5.74) is 4.94. The second kappa shape index (κ2) is 7.01. The fourth-order valence-electron chi connectivity index (χ4n) is 0.274. The molecule has 6 nitrogen and oxygen atoms in total. The van der Waals surface area contributed by atoms with E-state index in [1.165, 1.54) is 7.05 Å². The van der Waals surface area contributed by atoms with Crippen LogP contribution in [0.2, 0.25) is 0 Å². The number of nitrogens with one attached hydrogen (secondary N) is 1. The number of alkyl halides is 3. The van der Waals surface area contributed by atoms with Crippen LogP contribution in [0, 0.1) is 0 Å². The number of aliphatic hydroxyl groups is 1. The Hall–Kier alpha value is -1.35. The number of carboxylic acid groups (broad SMARTS) is 1. The Bertz CT molecular complexity index is 219. The summed E-state index contributed by atoms with van der Waals surface area (Å²) in [7, 11) is 1.45. The zero-order valence-electron chi connectivity index (χ0n) is 7.71. The Balaban J connectivity index is 0. The first-order chi connectivity index (χ1) is 6.66. The summed E-state index contributed by atoms with van der Waals surface area (Å²) in [6.45, 7) is -0.0281. The average molecular weight is 232 g/mol. The van der Waals surface area contributed by atoms with Crippen molar-refractivity contribution in [2.45, 2.75) is 12.3 Å². The molecule has 15 heavy (non-hydrogen) atoms. The predicted octanol–water partition coefficient (Wildman–Crippen LogP) is -1.31. The standard InChI is InChI=1S/C4H10N2O2.C2HF3O2/c1-6-4(8)3(7)2-5;3-2(4,5)1(6)7/h3,7H,2,5H2,1H3,(H,6,8);(H,6,7). The van der Waals surface area contributed by atoms with E-state index in [4.69, 9.17) is 20.7 Å². The monoisotopic (exact) mass is 232 g/mol. The van der Waals surface area contributed by atoms with E-state index in [-0.39, 0.29) is 6.54 Å². The molecule has 9 heteroatoms. The summed E-state index contributed by atoms with van der Waals surface area (Å²) in [6, 6.07) is 0. The maximum absolute atomic E-state index is 10.6. The molecule has 1 atom stereocenters. The third-order valence-corrected chi connectivity index (χ3v) is 1.01. The number of hydrogen-bond donors (Lipinski definition) is 4. The molecule has 0 rings (SSSR count). The number of aliphatic carboxylic acids is 1. The molecule has 0 aromatic rings. The molecule has 0 heterocycles. The van der Waals surface area contributed by atoms with Gasteiger partial charge in [0.1, 0.15) is 6.10 Å².